The lowest BCUT2D eigenvalue weighted by Crippen LogP contribution is -1.95. The topological polar surface area (TPSA) is 51.6 Å². The smallest absolute Gasteiger partial charge is 0.164 e. The number of hydrogen-bond donors (Lipinski definition) is 0. The van der Waals surface area contributed by atoms with Gasteiger partial charge in [-0.25, -0.2) is 15.0 Å². The average Bonchev–Trinajstić information content (AvgIpc) is 2.49. The molecule has 0 aliphatic rings. The molecule has 2 aromatic heterocycles. The van der Waals surface area contributed by atoms with Gasteiger partial charge in [0.2, 0.25) is 0 Å². The predicted molar refractivity (Wildman–Crippen MR) is 68.5 cm³/mol. The fourth-order valence-corrected chi connectivity index (χ4v) is 1.66. The van der Waals surface area contributed by atoms with Crippen LogP contribution in [0.3, 0.4) is 0 Å². The number of rotatable bonds is 2. The van der Waals surface area contributed by atoms with Crippen LogP contribution in [0.2, 0.25) is 0 Å². The molecule has 3 rings (SSSR count). The minimum atomic E-state index is 0.636. The fourth-order valence-electron chi connectivity index (χ4n) is 1.66. The van der Waals surface area contributed by atoms with E-state index in [-0.39, 0.29) is 0 Å². The lowest BCUT2D eigenvalue weighted by Gasteiger charge is -2.02. The lowest BCUT2D eigenvalue weighted by molar-refractivity contribution is 1.06. The molecule has 0 aliphatic carbocycles. The van der Waals surface area contributed by atoms with Crippen LogP contribution in [0, 0.1) is 0 Å². The first-order valence-corrected chi connectivity index (χ1v) is 5.58. The fraction of sp³-hybridized carbons (Fsp3) is 0. The summed E-state index contributed by atoms with van der Waals surface area (Å²) in [7, 11) is 0. The van der Waals surface area contributed by atoms with Crippen molar-refractivity contribution in [1.29, 1.82) is 0 Å². The molecule has 0 amide bonds. The standard InChI is InChI=1S/C14H10N4/c1-2-5-11(6-3-1)13-16-10-17-14(18-13)12-7-4-8-15-9-12/h1-10H. The Bertz CT molecular complexity index is 583. The van der Waals surface area contributed by atoms with Gasteiger partial charge in [0.1, 0.15) is 6.33 Å². The second kappa shape index (κ2) is 4.71. The third-order valence-electron chi connectivity index (χ3n) is 2.52. The van der Waals surface area contributed by atoms with E-state index in [2.05, 4.69) is 19.9 Å². The molecular weight excluding hydrogens is 224 g/mol. The van der Waals surface area contributed by atoms with Gasteiger partial charge in [0.15, 0.2) is 11.6 Å². The molecule has 0 bridgehead atoms. The van der Waals surface area contributed by atoms with Crippen LogP contribution in [0.5, 0.6) is 0 Å². The van der Waals surface area contributed by atoms with Crippen molar-refractivity contribution < 1.29 is 0 Å². The van der Waals surface area contributed by atoms with Crippen molar-refractivity contribution >= 4 is 0 Å². The molecule has 0 atom stereocenters. The highest BCUT2D eigenvalue weighted by molar-refractivity contribution is 5.59. The summed E-state index contributed by atoms with van der Waals surface area (Å²) < 4.78 is 0. The van der Waals surface area contributed by atoms with Crippen LogP contribution >= 0.6 is 0 Å². The molecule has 0 saturated carbocycles. The predicted octanol–water partition coefficient (Wildman–Crippen LogP) is 2.60. The van der Waals surface area contributed by atoms with E-state index in [9.17, 15) is 0 Å². The van der Waals surface area contributed by atoms with Gasteiger partial charge in [0, 0.05) is 23.5 Å². The van der Waals surface area contributed by atoms with Crippen LogP contribution < -0.4 is 0 Å². The molecule has 4 nitrogen and oxygen atoms in total. The summed E-state index contributed by atoms with van der Waals surface area (Å²) in [5.74, 6) is 1.31. The minimum absolute atomic E-state index is 0.636. The largest absolute Gasteiger partial charge is 0.264 e. The maximum Gasteiger partial charge on any atom is 0.164 e. The van der Waals surface area contributed by atoms with Gasteiger partial charge in [0.25, 0.3) is 0 Å². The van der Waals surface area contributed by atoms with Crippen molar-refractivity contribution in [3.05, 3.63) is 61.2 Å². The van der Waals surface area contributed by atoms with E-state index in [1.165, 1.54) is 6.33 Å². The molecule has 86 valence electrons. The van der Waals surface area contributed by atoms with E-state index in [1.54, 1.807) is 12.4 Å². The van der Waals surface area contributed by atoms with Crippen LogP contribution in [0.4, 0.5) is 0 Å². The zero-order valence-corrected chi connectivity index (χ0v) is 9.56. The molecule has 0 spiro atoms. The SMILES string of the molecule is c1ccc(-c2ncnc(-c3cccnc3)n2)cc1. The maximum absolute atomic E-state index is 4.45. The van der Waals surface area contributed by atoms with E-state index in [0.29, 0.717) is 11.6 Å². The Morgan fingerprint density at radius 2 is 1.44 bits per heavy atom. The van der Waals surface area contributed by atoms with Crippen LogP contribution in [0.25, 0.3) is 22.8 Å². The Morgan fingerprint density at radius 1 is 0.722 bits per heavy atom. The summed E-state index contributed by atoms with van der Waals surface area (Å²) in [6.45, 7) is 0. The van der Waals surface area contributed by atoms with Crippen LogP contribution in [0.1, 0.15) is 0 Å². The molecule has 0 unspecified atom stereocenters. The second-order valence-corrected chi connectivity index (χ2v) is 3.74. The minimum Gasteiger partial charge on any atom is -0.264 e. The number of hydrogen-bond acceptors (Lipinski definition) is 4. The normalized spacial score (nSPS) is 10.2. The van der Waals surface area contributed by atoms with Gasteiger partial charge in [-0.2, -0.15) is 0 Å². The second-order valence-electron chi connectivity index (χ2n) is 3.74. The summed E-state index contributed by atoms with van der Waals surface area (Å²) in [5.41, 5.74) is 1.86. The highest BCUT2D eigenvalue weighted by Gasteiger charge is 2.05. The number of benzene rings is 1. The van der Waals surface area contributed by atoms with Crippen molar-refractivity contribution in [1.82, 2.24) is 19.9 Å². The van der Waals surface area contributed by atoms with E-state index < -0.39 is 0 Å². The monoisotopic (exact) mass is 234 g/mol. The maximum atomic E-state index is 4.45. The Labute approximate surface area is 104 Å². The summed E-state index contributed by atoms with van der Waals surface area (Å²) in [6.07, 6.45) is 4.99. The summed E-state index contributed by atoms with van der Waals surface area (Å²) in [4.78, 5) is 16.9. The molecule has 0 N–H and O–H groups in total. The molecule has 2 heterocycles. The van der Waals surface area contributed by atoms with Gasteiger partial charge < -0.3 is 0 Å². The first-order chi connectivity index (χ1) is 8.93. The molecule has 18 heavy (non-hydrogen) atoms. The summed E-state index contributed by atoms with van der Waals surface area (Å²) in [5, 5.41) is 0. The Hall–Kier alpha value is -2.62. The molecular formula is C14H10N4. The summed E-state index contributed by atoms with van der Waals surface area (Å²) >= 11 is 0. The Kier molecular flexibility index (Phi) is 2.75. The zero-order chi connectivity index (χ0) is 12.2. The van der Waals surface area contributed by atoms with Gasteiger partial charge >= 0.3 is 0 Å². The lowest BCUT2D eigenvalue weighted by atomic mass is 10.2. The highest BCUT2D eigenvalue weighted by atomic mass is 15.0. The van der Waals surface area contributed by atoms with Crippen molar-refractivity contribution in [2.45, 2.75) is 0 Å². The Morgan fingerprint density at radius 3 is 2.17 bits per heavy atom. The van der Waals surface area contributed by atoms with Gasteiger partial charge in [-0.05, 0) is 12.1 Å². The molecule has 0 aliphatic heterocycles. The molecule has 3 aromatic rings. The van der Waals surface area contributed by atoms with Crippen LogP contribution in [0.15, 0.2) is 61.2 Å². The molecule has 0 radical (unpaired) electrons. The van der Waals surface area contributed by atoms with Crippen molar-refractivity contribution in [2.24, 2.45) is 0 Å². The van der Waals surface area contributed by atoms with Crippen LogP contribution in [-0.2, 0) is 0 Å². The van der Waals surface area contributed by atoms with Gasteiger partial charge in [-0.3, -0.25) is 4.98 Å². The van der Waals surface area contributed by atoms with Gasteiger partial charge in [-0.15, -0.1) is 0 Å². The van der Waals surface area contributed by atoms with Crippen molar-refractivity contribution in [3.8, 4) is 22.8 Å². The third-order valence-corrected chi connectivity index (χ3v) is 2.52. The van der Waals surface area contributed by atoms with Crippen molar-refractivity contribution in [3.63, 3.8) is 0 Å². The molecule has 0 saturated heterocycles. The zero-order valence-electron chi connectivity index (χ0n) is 9.56. The Balaban J connectivity index is 2.05. The van der Waals surface area contributed by atoms with Gasteiger partial charge in [0.05, 0.1) is 0 Å². The molecule has 1 aromatic carbocycles. The van der Waals surface area contributed by atoms with E-state index in [1.807, 2.05) is 42.5 Å². The van der Waals surface area contributed by atoms with Gasteiger partial charge in [-0.1, -0.05) is 30.3 Å². The number of aromatic nitrogens is 4. The van der Waals surface area contributed by atoms with Crippen molar-refractivity contribution in [2.75, 3.05) is 0 Å². The summed E-state index contributed by atoms with van der Waals surface area (Å²) in [6, 6.07) is 13.6. The quantitative estimate of drug-likeness (QED) is 0.684. The third kappa shape index (κ3) is 2.08. The van der Waals surface area contributed by atoms with Crippen LogP contribution in [-0.4, -0.2) is 19.9 Å². The first kappa shape index (κ1) is 10.5. The molecule has 4 heteroatoms. The first-order valence-electron chi connectivity index (χ1n) is 5.58. The highest BCUT2D eigenvalue weighted by Crippen LogP contribution is 2.17. The van der Waals surface area contributed by atoms with E-state index in [4.69, 9.17) is 0 Å². The van der Waals surface area contributed by atoms with E-state index >= 15 is 0 Å². The molecule has 0 fully saturated rings. The number of nitrogens with zero attached hydrogens (tertiary/aromatic N) is 4. The average molecular weight is 234 g/mol. The number of pyridine rings is 1. The van der Waals surface area contributed by atoms with E-state index in [0.717, 1.165) is 11.1 Å².